The average Bonchev–Trinajstić information content (AvgIpc) is 3.26. The van der Waals surface area contributed by atoms with E-state index < -0.39 is 0 Å². The van der Waals surface area contributed by atoms with Crippen molar-refractivity contribution in [3.8, 4) is 17.2 Å². The monoisotopic (exact) mass is 524 g/mol. The zero-order chi connectivity index (χ0) is 26.9. The van der Waals surface area contributed by atoms with Crippen LogP contribution in [0.4, 0.5) is 0 Å². The molecule has 4 rings (SSSR count). The van der Waals surface area contributed by atoms with Crippen LogP contribution in [-0.4, -0.2) is 79.5 Å². The van der Waals surface area contributed by atoms with Crippen molar-refractivity contribution in [2.45, 2.75) is 33.4 Å². The topological polar surface area (TPSA) is 99.4 Å². The second-order valence-corrected chi connectivity index (χ2v) is 9.22. The highest BCUT2D eigenvalue weighted by molar-refractivity contribution is 5.79. The molecule has 1 aliphatic rings. The Balaban J connectivity index is 1.53. The molecule has 0 bridgehead atoms. The highest BCUT2D eigenvalue weighted by Crippen LogP contribution is 2.39. The number of aryl methyl sites for hydroxylation is 2. The number of hydrogen-bond donors (Lipinski definition) is 0. The first kappa shape index (κ1) is 27.4. The first-order valence-corrected chi connectivity index (χ1v) is 12.7. The van der Waals surface area contributed by atoms with E-state index in [1.807, 2.05) is 38.1 Å². The molecule has 10 nitrogen and oxygen atoms in total. The number of carbonyl (C=O) groups excluding carboxylic acids is 1. The predicted octanol–water partition coefficient (Wildman–Crippen LogP) is 3.19. The Morgan fingerprint density at radius 2 is 1.68 bits per heavy atom. The van der Waals surface area contributed by atoms with Crippen LogP contribution in [0.1, 0.15) is 28.1 Å². The number of nitrogens with zero attached hydrogens (tertiary/aromatic N) is 4. The number of pyridine rings is 1. The fourth-order valence-corrected chi connectivity index (χ4v) is 4.45. The van der Waals surface area contributed by atoms with Crippen LogP contribution in [0.5, 0.6) is 17.2 Å². The molecule has 1 amide bonds. The van der Waals surface area contributed by atoms with E-state index >= 15 is 0 Å². The summed E-state index contributed by atoms with van der Waals surface area (Å²) in [5, 5.41) is 4.00. The molecule has 3 heterocycles. The highest BCUT2D eigenvalue weighted by Gasteiger charge is 2.22. The molecule has 1 aromatic carbocycles. The van der Waals surface area contributed by atoms with Crippen molar-refractivity contribution in [1.82, 2.24) is 19.9 Å². The number of ether oxygens (including phenoxy) is 4. The molecule has 2 aromatic heterocycles. The summed E-state index contributed by atoms with van der Waals surface area (Å²) < 4.78 is 28.2. The van der Waals surface area contributed by atoms with Gasteiger partial charge < -0.3 is 28.4 Å². The van der Waals surface area contributed by atoms with E-state index in [0.717, 1.165) is 55.2 Å². The number of benzene rings is 1. The Morgan fingerprint density at radius 1 is 1.03 bits per heavy atom. The molecule has 0 N–H and O–H groups in total. The Labute approximate surface area is 223 Å². The molecule has 1 saturated heterocycles. The smallest absolute Gasteiger partial charge is 0.227 e. The summed E-state index contributed by atoms with van der Waals surface area (Å²) in [6, 6.07) is 7.61. The van der Waals surface area contributed by atoms with Gasteiger partial charge in [0.2, 0.25) is 11.7 Å². The summed E-state index contributed by atoms with van der Waals surface area (Å²) in [5.41, 5.74) is 3.38. The lowest BCUT2D eigenvalue weighted by atomic mass is 10.1. The largest absolute Gasteiger partial charge is 0.493 e. The number of rotatable bonds is 12. The Morgan fingerprint density at radius 3 is 2.29 bits per heavy atom. The van der Waals surface area contributed by atoms with Gasteiger partial charge in [-0.2, -0.15) is 0 Å². The molecule has 0 aliphatic carbocycles. The molecule has 10 heteroatoms. The second kappa shape index (κ2) is 13.3. The third-order valence-corrected chi connectivity index (χ3v) is 6.64. The van der Waals surface area contributed by atoms with Crippen LogP contribution in [0.25, 0.3) is 0 Å². The van der Waals surface area contributed by atoms with E-state index in [1.165, 1.54) is 0 Å². The first-order chi connectivity index (χ1) is 18.5. The van der Waals surface area contributed by atoms with Crippen LogP contribution >= 0.6 is 0 Å². The Hall–Kier alpha value is -3.63. The maximum atomic E-state index is 13.5. The molecule has 0 spiro atoms. The SMILES string of the molecule is COc1cc(CN(Cc2ccncc2)C(=O)Cc2c(C)noc2C)cc(OC)c1OCCN1CCOCC1. The fraction of sp³-hybridized carbons (Fsp3) is 0.464. The lowest BCUT2D eigenvalue weighted by molar-refractivity contribution is -0.131. The molecule has 1 fully saturated rings. The number of carbonyl (C=O) groups is 1. The third kappa shape index (κ3) is 7.02. The van der Waals surface area contributed by atoms with Gasteiger partial charge in [0.1, 0.15) is 12.4 Å². The van der Waals surface area contributed by atoms with Gasteiger partial charge in [0, 0.05) is 50.7 Å². The van der Waals surface area contributed by atoms with E-state index in [0.29, 0.717) is 42.7 Å². The van der Waals surface area contributed by atoms with Gasteiger partial charge in [0.15, 0.2) is 11.5 Å². The van der Waals surface area contributed by atoms with Gasteiger partial charge in [-0.3, -0.25) is 14.7 Å². The van der Waals surface area contributed by atoms with E-state index in [-0.39, 0.29) is 12.3 Å². The first-order valence-electron chi connectivity index (χ1n) is 12.7. The number of hydrogen-bond acceptors (Lipinski definition) is 9. The van der Waals surface area contributed by atoms with Crippen molar-refractivity contribution >= 4 is 5.91 Å². The van der Waals surface area contributed by atoms with E-state index in [4.69, 9.17) is 23.5 Å². The molecule has 0 saturated carbocycles. The molecule has 3 aromatic rings. The van der Waals surface area contributed by atoms with E-state index in [9.17, 15) is 4.79 Å². The quantitative estimate of drug-likeness (QED) is 0.354. The fourth-order valence-electron chi connectivity index (χ4n) is 4.45. The van der Waals surface area contributed by atoms with Crippen LogP contribution in [-0.2, 0) is 29.0 Å². The molecule has 0 radical (unpaired) electrons. The van der Waals surface area contributed by atoms with Gasteiger partial charge >= 0.3 is 0 Å². The van der Waals surface area contributed by atoms with Crippen LogP contribution in [0.3, 0.4) is 0 Å². The molecular formula is C28H36N4O6. The maximum Gasteiger partial charge on any atom is 0.227 e. The van der Waals surface area contributed by atoms with Gasteiger partial charge in [-0.1, -0.05) is 5.16 Å². The van der Waals surface area contributed by atoms with Crippen LogP contribution in [0.2, 0.25) is 0 Å². The van der Waals surface area contributed by atoms with Gasteiger partial charge in [0.25, 0.3) is 0 Å². The summed E-state index contributed by atoms with van der Waals surface area (Å²) in [6.45, 7) is 9.00. The predicted molar refractivity (Wildman–Crippen MR) is 140 cm³/mol. The van der Waals surface area contributed by atoms with Crippen molar-refractivity contribution in [2.75, 3.05) is 53.7 Å². The summed E-state index contributed by atoms with van der Waals surface area (Å²) in [5.74, 6) is 2.28. The minimum absolute atomic E-state index is 0.0417. The summed E-state index contributed by atoms with van der Waals surface area (Å²) in [4.78, 5) is 21.7. The van der Waals surface area contributed by atoms with Gasteiger partial charge in [0.05, 0.1) is 39.5 Å². The Bertz CT molecular complexity index is 1150. The zero-order valence-electron chi connectivity index (χ0n) is 22.6. The van der Waals surface area contributed by atoms with E-state index in [1.54, 1.807) is 31.5 Å². The van der Waals surface area contributed by atoms with Crippen LogP contribution < -0.4 is 14.2 Å². The van der Waals surface area contributed by atoms with Crippen LogP contribution in [0, 0.1) is 13.8 Å². The standard InChI is InChI=1S/C28H36N4O6/c1-20-24(21(2)38-30-20)17-27(33)32(18-22-5-7-29-8-6-22)19-23-15-25(34-3)28(26(16-23)35-4)37-14-11-31-9-12-36-13-10-31/h5-8,15-16H,9-14,17-19H2,1-4H3. The van der Waals surface area contributed by atoms with E-state index in [2.05, 4.69) is 15.0 Å². The zero-order valence-corrected chi connectivity index (χ0v) is 22.6. The molecule has 1 aliphatic heterocycles. The van der Waals surface area contributed by atoms with Crippen molar-refractivity contribution in [1.29, 1.82) is 0 Å². The molecule has 0 unspecified atom stereocenters. The third-order valence-electron chi connectivity index (χ3n) is 6.64. The van der Waals surface area contributed by atoms with Crippen molar-refractivity contribution in [3.05, 3.63) is 64.8 Å². The second-order valence-electron chi connectivity index (χ2n) is 9.22. The van der Waals surface area contributed by atoms with Crippen LogP contribution in [0.15, 0.2) is 41.2 Å². The lowest BCUT2D eigenvalue weighted by Crippen LogP contribution is -2.38. The number of amides is 1. The molecule has 204 valence electrons. The van der Waals surface area contributed by atoms with Crippen molar-refractivity contribution in [3.63, 3.8) is 0 Å². The van der Waals surface area contributed by atoms with Gasteiger partial charge in [-0.05, 0) is 49.2 Å². The minimum atomic E-state index is -0.0417. The molecule has 38 heavy (non-hydrogen) atoms. The van der Waals surface area contributed by atoms with Crippen molar-refractivity contribution in [2.24, 2.45) is 0 Å². The minimum Gasteiger partial charge on any atom is -0.493 e. The van der Waals surface area contributed by atoms with Gasteiger partial charge in [-0.15, -0.1) is 0 Å². The molecule has 0 atom stereocenters. The number of aromatic nitrogens is 2. The number of methoxy groups -OCH3 is 2. The Kier molecular flexibility index (Phi) is 9.56. The van der Waals surface area contributed by atoms with Crippen molar-refractivity contribution < 1.29 is 28.3 Å². The summed E-state index contributed by atoms with van der Waals surface area (Å²) in [6.07, 6.45) is 3.64. The normalized spacial score (nSPS) is 13.8. The maximum absolute atomic E-state index is 13.5. The van der Waals surface area contributed by atoms with Gasteiger partial charge in [-0.25, -0.2) is 0 Å². The summed E-state index contributed by atoms with van der Waals surface area (Å²) in [7, 11) is 3.20. The highest BCUT2D eigenvalue weighted by atomic mass is 16.5. The lowest BCUT2D eigenvalue weighted by Gasteiger charge is -2.27. The number of morpholine rings is 1. The summed E-state index contributed by atoms with van der Waals surface area (Å²) >= 11 is 0. The molecular weight excluding hydrogens is 488 g/mol. The average molecular weight is 525 g/mol.